The van der Waals surface area contributed by atoms with E-state index in [9.17, 15) is 4.79 Å². The van der Waals surface area contributed by atoms with E-state index in [2.05, 4.69) is 4.90 Å². The molecule has 0 bridgehead atoms. The third kappa shape index (κ3) is 2.82. The molecule has 1 amide bonds. The van der Waals surface area contributed by atoms with Crippen molar-refractivity contribution in [2.45, 2.75) is 13.3 Å². The Bertz CT molecular complexity index is 443. The van der Waals surface area contributed by atoms with Gasteiger partial charge in [-0.1, -0.05) is 0 Å². The number of nitrogens with zero attached hydrogens (tertiary/aromatic N) is 2. The number of likely N-dealkylation sites (N-methyl/N-ethyl adjacent to an activating group) is 1. The predicted molar refractivity (Wildman–Crippen MR) is 72.2 cm³/mol. The summed E-state index contributed by atoms with van der Waals surface area (Å²) >= 11 is 0. The minimum atomic E-state index is 0.107. The van der Waals surface area contributed by atoms with Crippen molar-refractivity contribution in [3.8, 4) is 5.75 Å². The molecule has 0 saturated heterocycles. The van der Waals surface area contributed by atoms with Crippen LogP contribution >= 0.6 is 0 Å². The maximum absolute atomic E-state index is 11.4. The molecular weight excluding hydrogens is 228 g/mol. The fraction of sp³-hybridized carbons (Fsp3) is 0.500. The van der Waals surface area contributed by atoms with E-state index in [0.717, 1.165) is 30.9 Å². The lowest BCUT2D eigenvalue weighted by molar-refractivity contribution is -0.116. The van der Waals surface area contributed by atoms with Gasteiger partial charge in [0.25, 0.3) is 0 Å². The van der Waals surface area contributed by atoms with Gasteiger partial charge in [0.1, 0.15) is 12.4 Å². The molecule has 2 rings (SSSR count). The topological polar surface area (TPSA) is 32.8 Å². The number of benzene rings is 1. The summed E-state index contributed by atoms with van der Waals surface area (Å²) < 4.78 is 5.69. The summed E-state index contributed by atoms with van der Waals surface area (Å²) in [6.07, 6.45) is 0.916. The molecule has 0 fully saturated rings. The molecule has 18 heavy (non-hydrogen) atoms. The molecular formula is C14H20N2O2. The second kappa shape index (κ2) is 5.40. The maximum atomic E-state index is 11.4. The molecule has 0 spiro atoms. The molecule has 0 radical (unpaired) electrons. The zero-order valence-electron chi connectivity index (χ0n) is 11.3. The van der Waals surface area contributed by atoms with Crippen LogP contribution < -0.4 is 9.64 Å². The Morgan fingerprint density at radius 2 is 2.22 bits per heavy atom. The first-order valence-electron chi connectivity index (χ1n) is 6.26. The van der Waals surface area contributed by atoms with Crippen molar-refractivity contribution in [2.24, 2.45) is 0 Å². The number of amides is 1. The number of carbonyl (C=O) groups is 1. The molecule has 4 heteroatoms. The van der Waals surface area contributed by atoms with Gasteiger partial charge in [-0.05, 0) is 44.3 Å². The molecule has 0 N–H and O–H groups in total. The van der Waals surface area contributed by atoms with E-state index < -0.39 is 0 Å². The molecule has 1 aliphatic rings. The third-order valence-corrected chi connectivity index (χ3v) is 3.13. The minimum Gasteiger partial charge on any atom is -0.492 e. The van der Waals surface area contributed by atoms with Gasteiger partial charge in [-0.15, -0.1) is 0 Å². The van der Waals surface area contributed by atoms with Gasteiger partial charge in [0, 0.05) is 25.7 Å². The first-order chi connectivity index (χ1) is 8.58. The Hall–Kier alpha value is -1.55. The summed E-state index contributed by atoms with van der Waals surface area (Å²) in [5.41, 5.74) is 2.23. The molecule has 1 aromatic rings. The van der Waals surface area contributed by atoms with Crippen molar-refractivity contribution in [2.75, 3.05) is 38.7 Å². The molecule has 1 aliphatic heterocycles. The van der Waals surface area contributed by atoms with E-state index in [1.54, 1.807) is 6.92 Å². The Labute approximate surface area is 108 Å². The molecule has 0 saturated carbocycles. The Morgan fingerprint density at radius 3 is 2.89 bits per heavy atom. The van der Waals surface area contributed by atoms with Gasteiger partial charge in [-0.3, -0.25) is 4.79 Å². The van der Waals surface area contributed by atoms with Crippen LogP contribution in [0.2, 0.25) is 0 Å². The molecule has 0 aliphatic carbocycles. The number of hydrogen-bond acceptors (Lipinski definition) is 3. The molecule has 0 aromatic heterocycles. The van der Waals surface area contributed by atoms with E-state index in [0.29, 0.717) is 6.61 Å². The fourth-order valence-corrected chi connectivity index (χ4v) is 2.14. The smallest absolute Gasteiger partial charge is 0.223 e. The van der Waals surface area contributed by atoms with Crippen molar-refractivity contribution in [1.29, 1.82) is 0 Å². The average Bonchev–Trinajstić information content (AvgIpc) is 2.71. The summed E-state index contributed by atoms with van der Waals surface area (Å²) in [5.74, 6) is 0.996. The first kappa shape index (κ1) is 12.9. The normalized spacial score (nSPS) is 13.9. The third-order valence-electron chi connectivity index (χ3n) is 3.13. The predicted octanol–water partition coefficient (Wildman–Crippen LogP) is 1.54. The van der Waals surface area contributed by atoms with Crippen LogP contribution in [0.25, 0.3) is 0 Å². The summed E-state index contributed by atoms with van der Waals surface area (Å²) in [6, 6.07) is 5.97. The molecule has 0 atom stereocenters. The van der Waals surface area contributed by atoms with Crippen LogP contribution in [0.1, 0.15) is 12.5 Å². The summed E-state index contributed by atoms with van der Waals surface area (Å²) in [7, 11) is 4.05. The van der Waals surface area contributed by atoms with Gasteiger partial charge in [0.15, 0.2) is 0 Å². The highest BCUT2D eigenvalue weighted by atomic mass is 16.5. The van der Waals surface area contributed by atoms with Crippen LogP contribution in [0.3, 0.4) is 0 Å². The SMILES string of the molecule is CC(=O)N1CCc2cc(OCCN(C)C)ccc21. The number of rotatable bonds is 4. The van der Waals surface area contributed by atoms with E-state index in [1.165, 1.54) is 5.56 Å². The van der Waals surface area contributed by atoms with Gasteiger partial charge in [-0.2, -0.15) is 0 Å². The van der Waals surface area contributed by atoms with Crippen LogP contribution in [0.4, 0.5) is 5.69 Å². The fourth-order valence-electron chi connectivity index (χ4n) is 2.14. The van der Waals surface area contributed by atoms with Crippen LogP contribution in [0, 0.1) is 0 Å². The summed E-state index contributed by atoms with van der Waals surface area (Å²) in [5, 5.41) is 0. The number of fused-ring (bicyclic) bond motifs is 1. The zero-order chi connectivity index (χ0) is 13.1. The van der Waals surface area contributed by atoms with Crippen LogP contribution in [-0.4, -0.2) is 44.6 Å². The lowest BCUT2D eigenvalue weighted by Gasteiger charge is -2.15. The molecule has 4 nitrogen and oxygen atoms in total. The number of anilines is 1. The Balaban J connectivity index is 2.03. The lowest BCUT2D eigenvalue weighted by Crippen LogP contribution is -2.25. The van der Waals surface area contributed by atoms with E-state index in [-0.39, 0.29) is 5.91 Å². The standard InChI is InChI=1S/C14H20N2O2/c1-11(17)16-7-6-12-10-13(4-5-14(12)16)18-9-8-15(2)3/h4-5,10H,6-9H2,1-3H3. The number of carbonyl (C=O) groups excluding carboxylic acids is 1. The van der Waals surface area contributed by atoms with Gasteiger partial charge in [-0.25, -0.2) is 0 Å². The number of ether oxygens (including phenoxy) is 1. The Kier molecular flexibility index (Phi) is 3.87. The van der Waals surface area contributed by atoms with Gasteiger partial charge >= 0.3 is 0 Å². The van der Waals surface area contributed by atoms with E-state index in [1.807, 2.05) is 37.2 Å². The van der Waals surface area contributed by atoms with Crippen molar-refractivity contribution in [3.05, 3.63) is 23.8 Å². The largest absolute Gasteiger partial charge is 0.492 e. The van der Waals surface area contributed by atoms with Crippen molar-refractivity contribution in [1.82, 2.24) is 4.90 Å². The monoisotopic (exact) mass is 248 g/mol. The second-order valence-corrected chi connectivity index (χ2v) is 4.86. The molecule has 0 unspecified atom stereocenters. The van der Waals surface area contributed by atoms with Gasteiger partial charge in [0.2, 0.25) is 5.91 Å². The van der Waals surface area contributed by atoms with E-state index >= 15 is 0 Å². The van der Waals surface area contributed by atoms with E-state index in [4.69, 9.17) is 4.74 Å². The maximum Gasteiger partial charge on any atom is 0.223 e. The molecule has 1 heterocycles. The highest BCUT2D eigenvalue weighted by Crippen LogP contribution is 2.31. The van der Waals surface area contributed by atoms with Gasteiger partial charge < -0.3 is 14.5 Å². The average molecular weight is 248 g/mol. The summed E-state index contributed by atoms with van der Waals surface area (Å²) in [6.45, 7) is 3.97. The van der Waals surface area contributed by atoms with Crippen molar-refractivity contribution in [3.63, 3.8) is 0 Å². The van der Waals surface area contributed by atoms with Gasteiger partial charge in [0.05, 0.1) is 0 Å². The molecule has 1 aromatic carbocycles. The van der Waals surface area contributed by atoms with Crippen molar-refractivity contribution < 1.29 is 9.53 Å². The highest BCUT2D eigenvalue weighted by molar-refractivity contribution is 5.93. The second-order valence-electron chi connectivity index (χ2n) is 4.86. The first-order valence-corrected chi connectivity index (χ1v) is 6.26. The molecule has 98 valence electrons. The summed E-state index contributed by atoms with van der Waals surface area (Å²) in [4.78, 5) is 15.3. The number of hydrogen-bond donors (Lipinski definition) is 0. The Morgan fingerprint density at radius 1 is 1.44 bits per heavy atom. The van der Waals surface area contributed by atoms with Crippen molar-refractivity contribution >= 4 is 11.6 Å². The highest BCUT2D eigenvalue weighted by Gasteiger charge is 2.22. The quantitative estimate of drug-likeness (QED) is 0.810. The van der Waals surface area contributed by atoms with Crippen LogP contribution in [0.15, 0.2) is 18.2 Å². The van der Waals surface area contributed by atoms with Crippen LogP contribution in [-0.2, 0) is 11.2 Å². The van der Waals surface area contributed by atoms with Crippen LogP contribution in [0.5, 0.6) is 5.75 Å². The zero-order valence-corrected chi connectivity index (χ0v) is 11.3. The minimum absolute atomic E-state index is 0.107. The lowest BCUT2D eigenvalue weighted by atomic mass is 10.1.